The number of carbonyl (C=O) groups excluding carboxylic acids is 1. The molecule has 4 nitrogen and oxygen atoms in total. The summed E-state index contributed by atoms with van der Waals surface area (Å²) in [6, 6.07) is 0. The molecule has 0 aliphatic carbocycles. The van der Waals surface area contributed by atoms with Crippen LogP contribution in [0.25, 0.3) is 0 Å². The monoisotopic (exact) mass is 268 g/mol. The van der Waals surface area contributed by atoms with Gasteiger partial charge < -0.3 is 15.7 Å². The van der Waals surface area contributed by atoms with Crippen LogP contribution < -0.4 is 5.73 Å². The first-order chi connectivity index (χ1) is 8.03. The van der Waals surface area contributed by atoms with Crippen molar-refractivity contribution in [1.82, 2.24) is 4.90 Å². The zero-order valence-corrected chi connectivity index (χ0v) is 10.5. The van der Waals surface area contributed by atoms with E-state index < -0.39 is 36.1 Å². The van der Waals surface area contributed by atoms with Crippen LogP contribution in [0.2, 0.25) is 0 Å². The van der Waals surface area contributed by atoms with Crippen LogP contribution in [0.15, 0.2) is 0 Å². The normalized spacial score (nSPS) is 25.6. The van der Waals surface area contributed by atoms with Gasteiger partial charge in [-0.3, -0.25) is 4.79 Å². The lowest BCUT2D eigenvalue weighted by Crippen LogP contribution is -2.49. The van der Waals surface area contributed by atoms with E-state index >= 15 is 0 Å². The first kappa shape index (κ1) is 15.2. The Morgan fingerprint density at radius 2 is 2.00 bits per heavy atom. The Morgan fingerprint density at radius 3 is 2.39 bits per heavy atom. The van der Waals surface area contributed by atoms with Crippen molar-refractivity contribution in [3.05, 3.63) is 0 Å². The molecule has 1 amide bonds. The topological polar surface area (TPSA) is 66.6 Å². The van der Waals surface area contributed by atoms with Crippen molar-refractivity contribution in [3.63, 3.8) is 0 Å². The largest absolute Gasteiger partial charge is 0.419 e. The summed E-state index contributed by atoms with van der Waals surface area (Å²) >= 11 is 0. The maximum atomic E-state index is 12.6. The molecule has 0 saturated carbocycles. The van der Waals surface area contributed by atoms with Gasteiger partial charge in [0.05, 0.1) is 6.54 Å². The number of amides is 1. The third kappa shape index (κ3) is 2.77. The lowest BCUT2D eigenvalue weighted by atomic mass is 9.87. The Kier molecular flexibility index (Phi) is 3.97. The Balaban J connectivity index is 2.76. The number of nitrogens with two attached hydrogens (primary N) is 1. The average Bonchev–Trinajstić information content (AvgIpc) is 2.60. The second-order valence-electron chi connectivity index (χ2n) is 5.43. The van der Waals surface area contributed by atoms with Gasteiger partial charge in [-0.2, -0.15) is 13.2 Å². The number of aliphatic hydroxyl groups is 1. The van der Waals surface area contributed by atoms with Crippen LogP contribution in [0.5, 0.6) is 0 Å². The molecule has 18 heavy (non-hydrogen) atoms. The third-order valence-corrected chi connectivity index (χ3v) is 3.41. The van der Waals surface area contributed by atoms with E-state index in [-0.39, 0.29) is 13.1 Å². The van der Waals surface area contributed by atoms with E-state index in [0.29, 0.717) is 6.42 Å². The molecule has 106 valence electrons. The highest BCUT2D eigenvalue weighted by Gasteiger charge is 2.58. The minimum Gasteiger partial charge on any atom is -0.379 e. The molecule has 1 heterocycles. The zero-order valence-electron chi connectivity index (χ0n) is 10.5. The lowest BCUT2D eigenvalue weighted by molar-refractivity contribution is -0.253. The lowest BCUT2D eigenvalue weighted by Gasteiger charge is -2.30. The predicted molar refractivity (Wildman–Crippen MR) is 59.7 cm³/mol. The molecule has 1 unspecified atom stereocenters. The quantitative estimate of drug-likeness (QED) is 0.798. The van der Waals surface area contributed by atoms with E-state index in [1.54, 1.807) is 13.8 Å². The van der Waals surface area contributed by atoms with Crippen molar-refractivity contribution < 1.29 is 23.1 Å². The molecule has 0 bridgehead atoms. The minimum absolute atomic E-state index is 0.0805. The van der Waals surface area contributed by atoms with Gasteiger partial charge in [0.1, 0.15) is 0 Å². The zero-order chi connectivity index (χ0) is 14.2. The van der Waals surface area contributed by atoms with Crippen molar-refractivity contribution in [2.24, 2.45) is 11.1 Å². The van der Waals surface area contributed by atoms with Gasteiger partial charge in [0.25, 0.3) is 0 Å². The van der Waals surface area contributed by atoms with E-state index in [4.69, 9.17) is 5.73 Å². The molecule has 0 aromatic heterocycles. The number of alkyl halides is 3. The second kappa shape index (κ2) is 4.70. The van der Waals surface area contributed by atoms with Crippen LogP contribution in [-0.2, 0) is 4.79 Å². The first-order valence-electron chi connectivity index (χ1n) is 5.82. The Labute approximate surface area is 104 Å². The van der Waals surface area contributed by atoms with Gasteiger partial charge in [-0.1, -0.05) is 13.8 Å². The number of hydrogen-bond donors (Lipinski definition) is 2. The summed E-state index contributed by atoms with van der Waals surface area (Å²) in [7, 11) is 0. The van der Waals surface area contributed by atoms with Crippen LogP contribution in [0.4, 0.5) is 13.2 Å². The van der Waals surface area contributed by atoms with Crippen molar-refractivity contribution in [2.75, 3.05) is 19.6 Å². The van der Waals surface area contributed by atoms with Crippen molar-refractivity contribution in [1.29, 1.82) is 0 Å². The highest BCUT2D eigenvalue weighted by Crippen LogP contribution is 2.39. The maximum Gasteiger partial charge on any atom is 0.419 e. The fourth-order valence-corrected chi connectivity index (χ4v) is 2.09. The van der Waals surface area contributed by atoms with Gasteiger partial charge in [0.15, 0.2) is 5.60 Å². The van der Waals surface area contributed by atoms with E-state index in [0.717, 1.165) is 4.90 Å². The Hall–Kier alpha value is -0.820. The van der Waals surface area contributed by atoms with Crippen LogP contribution in [0, 0.1) is 5.41 Å². The summed E-state index contributed by atoms with van der Waals surface area (Å²) < 4.78 is 37.9. The molecule has 1 atom stereocenters. The fraction of sp³-hybridized carbons (Fsp3) is 0.909. The molecule has 1 aliphatic rings. The molecular formula is C11H19F3N2O2. The number of carbonyl (C=O) groups is 1. The molecular weight excluding hydrogens is 249 g/mol. The SMILES string of the molecule is CC(C)(CCN)C(=O)N1CCC(O)(C(F)(F)F)C1. The van der Waals surface area contributed by atoms with Gasteiger partial charge in [0, 0.05) is 18.4 Å². The van der Waals surface area contributed by atoms with Gasteiger partial charge in [0.2, 0.25) is 5.91 Å². The van der Waals surface area contributed by atoms with E-state index in [9.17, 15) is 23.1 Å². The van der Waals surface area contributed by atoms with Crippen LogP contribution >= 0.6 is 0 Å². The second-order valence-corrected chi connectivity index (χ2v) is 5.43. The molecule has 0 aromatic rings. The Morgan fingerprint density at radius 1 is 1.44 bits per heavy atom. The number of β-amino-alcohol motifs (C(OH)–C–C–N with tert-alkyl or cyclic N) is 1. The van der Waals surface area contributed by atoms with E-state index in [1.165, 1.54) is 0 Å². The summed E-state index contributed by atoms with van der Waals surface area (Å²) in [5.74, 6) is -0.395. The molecule has 1 fully saturated rings. The van der Waals surface area contributed by atoms with Crippen LogP contribution in [0.1, 0.15) is 26.7 Å². The molecule has 0 aromatic carbocycles. The van der Waals surface area contributed by atoms with Crippen LogP contribution in [-0.4, -0.2) is 47.3 Å². The minimum atomic E-state index is -4.71. The van der Waals surface area contributed by atoms with Gasteiger partial charge in [-0.05, 0) is 13.0 Å². The number of hydrogen-bond acceptors (Lipinski definition) is 3. The first-order valence-corrected chi connectivity index (χ1v) is 5.82. The summed E-state index contributed by atoms with van der Waals surface area (Å²) in [4.78, 5) is 13.1. The molecule has 7 heteroatoms. The van der Waals surface area contributed by atoms with Crippen molar-refractivity contribution in [2.45, 2.75) is 38.5 Å². The van der Waals surface area contributed by atoms with E-state index in [1.807, 2.05) is 0 Å². The number of rotatable bonds is 3. The molecule has 1 saturated heterocycles. The molecule has 0 spiro atoms. The number of halogens is 3. The van der Waals surface area contributed by atoms with Crippen molar-refractivity contribution >= 4 is 5.91 Å². The molecule has 0 radical (unpaired) electrons. The predicted octanol–water partition coefficient (Wildman–Crippen LogP) is 0.887. The molecule has 1 aliphatic heterocycles. The number of likely N-dealkylation sites (tertiary alicyclic amines) is 1. The summed E-state index contributed by atoms with van der Waals surface area (Å²) in [6.07, 6.45) is -4.78. The summed E-state index contributed by atoms with van der Waals surface area (Å²) in [5, 5.41) is 9.50. The van der Waals surface area contributed by atoms with Crippen LogP contribution in [0.3, 0.4) is 0 Å². The molecule has 1 rings (SSSR count). The summed E-state index contributed by atoms with van der Waals surface area (Å²) in [6.45, 7) is 2.81. The highest BCUT2D eigenvalue weighted by atomic mass is 19.4. The number of nitrogens with zero attached hydrogens (tertiary/aromatic N) is 1. The molecule has 3 N–H and O–H groups in total. The standard InChI is InChI=1S/C11H19F3N2O2/c1-9(2,3-5-15)8(17)16-6-4-10(18,7-16)11(12,13)14/h18H,3-7,15H2,1-2H3. The average molecular weight is 268 g/mol. The van der Waals surface area contributed by atoms with Gasteiger partial charge in [-0.15, -0.1) is 0 Å². The Bertz CT molecular complexity index is 331. The smallest absolute Gasteiger partial charge is 0.379 e. The van der Waals surface area contributed by atoms with Gasteiger partial charge >= 0.3 is 6.18 Å². The third-order valence-electron chi connectivity index (χ3n) is 3.41. The van der Waals surface area contributed by atoms with Gasteiger partial charge in [-0.25, -0.2) is 0 Å². The van der Waals surface area contributed by atoms with Crippen molar-refractivity contribution in [3.8, 4) is 0 Å². The fourth-order valence-electron chi connectivity index (χ4n) is 2.09. The highest BCUT2D eigenvalue weighted by molar-refractivity contribution is 5.82. The van der Waals surface area contributed by atoms with E-state index in [2.05, 4.69) is 0 Å². The maximum absolute atomic E-state index is 12.6. The summed E-state index contributed by atoms with van der Waals surface area (Å²) in [5.41, 5.74) is 1.80.